The molecule has 2 aliphatic rings. The monoisotopic (exact) mass is 476 g/mol. The summed E-state index contributed by atoms with van der Waals surface area (Å²) in [6, 6.07) is 19.3. The van der Waals surface area contributed by atoms with Gasteiger partial charge < -0.3 is 20.5 Å². The fraction of sp³-hybridized carbons (Fsp3) is 0.250. The van der Waals surface area contributed by atoms with Gasteiger partial charge in [0.1, 0.15) is 17.8 Å². The summed E-state index contributed by atoms with van der Waals surface area (Å²) in [5, 5.41) is 12.6. The highest BCUT2D eigenvalue weighted by Gasteiger charge is 2.44. The molecule has 3 aromatic heterocycles. The highest BCUT2D eigenvalue weighted by Crippen LogP contribution is 2.50. The van der Waals surface area contributed by atoms with Gasteiger partial charge in [0.25, 0.3) is 0 Å². The standard InChI is InChI=1S/C28H28N8/c1-3-20(15-22(4-1)36-14-2-10-34-36)17-31-21-5-6-25-24(16-21)28(8-12-29-13-9-28)18-35(25)27-23-7-11-30-26(23)32-19-33-27/h1-7,10-11,14-16,19,29,31H,8-9,12-13,17-18H2,(H,30,32,33). The number of rotatable bonds is 5. The van der Waals surface area contributed by atoms with Crippen LogP contribution in [0, 0.1) is 0 Å². The van der Waals surface area contributed by atoms with Crippen molar-refractivity contribution in [2.75, 3.05) is 29.9 Å². The van der Waals surface area contributed by atoms with Crippen molar-refractivity contribution in [2.24, 2.45) is 0 Å². The van der Waals surface area contributed by atoms with Gasteiger partial charge in [-0.15, -0.1) is 0 Å². The normalized spacial score (nSPS) is 16.5. The first-order valence-corrected chi connectivity index (χ1v) is 12.5. The van der Waals surface area contributed by atoms with Gasteiger partial charge in [-0.05, 0) is 79.5 Å². The van der Waals surface area contributed by atoms with Crippen molar-refractivity contribution in [3.63, 3.8) is 0 Å². The number of aromatic nitrogens is 5. The van der Waals surface area contributed by atoms with Crippen LogP contribution in [0.4, 0.5) is 17.2 Å². The first-order valence-electron chi connectivity index (χ1n) is 12.5. The number of nitrogens with one attached hydrogen (secondary N) is 3. The number of nitrogens with zero attached hydrogens (tertiary/aromatic N) is 5. The van der Waals surface area contributed by atoms with Crippen LogP contribution in [0.15, 0.2) is 79.5 Å². The van der Waals surface area contributed by atoms with Crippen molar-refractivity contribution in [3.8, 4) is 5.69 Å². The molecule has 0 saturated carbocycles. The Morgan fingerprint density at radius 1 is 1.00 bits per heavy atom. The van der Waals surface area contributed by atoms with Crippen LogP contribution in [0.5, 0.6) is 0 Å². The van der Waals surface area contributed by atoms with Gasteiger partial charge in [0.2, 0.25) is 0 Å². The van der Waals surface area contributed by atoms with Crippen LogP contribution in [0.1, 0.15) is 24.0 Å². The lowest BCUT2D eigenvalue weighted by Crippen LogP contribution is -2.42. The summed E-state index contributed by atoms with van der Waals surface area (Å²) in [4.78, 5) is 14.8. The Labute approximate surface area is 209 Å². The molecule has 0 amide bonds. The van der Waals surface area contributed by atoms with Crippen LogP contribution in [-0.4, -0.2) is 44.4 Å². The van der Waals surface area contributed by atoms with E-state index in [1.807, 2.05) is 23.1 Å². The fourth-order valence-electron chi connectivity index (χ4n) is 5.81. The number of aromatic amines is 1. The summed E-state index contributed by atoms with van der Waals surface area (Å²) in [5.41, 5.74) is 7.10. The second kappa shape index (κ2) is 8.49. The average Bonchev–Trinajstić information content (AvgIpc) is 3.69. The Morgan fingerprint density at radius 3 is 2.83 bits per heavy atom. The highest BCUT2D eigenvalue weighted by molar-refractivity contribution is 5.91. The molecule has 2 aliphatic heterocycles. The highest BCUT2D eigenvalue weighted by atomic mass is 15.3. The zero-order chi connectivity index (χ0) is 24.0. The van der Waals surface area contributed by atoms with Gasteiger partial charge in [0.05, 0.1) is 11.1 Å². The lowest BCUT2D eigenvalue weighted by Gasteiger charge is -2.35. The number of piperidine rings is 1. The van der Waals surface area contributed by atoms with Crippen LogP contribution in [-0.2, 0) is 12.0 Å². The molecule has 0 bridgehead atoms. The minimum Gasteiger partial charge on any atom is -0.381 e. The molecule has 0 radical (unpaired) electrons. The van der Waals surface area contributed by atoms with Gasteiger partial charge in [-0.25, -0.2) is 14.6 Å². The molecule has 5 aromatic rings. The number of anilines is 3. The van der Waals surface area contributed by atoms with Crippen LogP contribution in [0.25, 0.3) is 16.7 Å². The van der Waals surface area contributed by atoms with Crippen molar-refractivity contribution >= 4 is 28.2 Å². The molecule has 180 valence electrons. The van der Waals surface area contributed by atoms with Crippen molar-refractivity contribution in [1.29, 1.82) is 0 Å². The third-order valence-corrected chi connectivity index (χ3v) is 7.64. The van der Waals surface area contributed by atoms with Gasteiger partial charge in [-0.2, -0.15) is 5.10 Å². The molecule has 8 heteroatoms. The summed E-state index contributed by atoms with van der Waals surface area (Å²) in [7, 11) is 0. The van der Waals surface area contributed by atoms with Crippen LogP contribution in [0.2, 0.25) is 0 Å². The topological polar surface area (TPSA) is 86.7 Å². The van der Waals surface area contributed by atoms with Gasteiger partial charge in [-0.3, -0.25) is 0 Å². The van der Waals surface area contributed by atoms with Crippen LogP contribution in [0.3, 0.4) is 0 Å². The quantitative estimate of drug-likeness (QED) is 0.346. The van der Waals surface area contributed by atoms with Crippen LogP contribution < -0.4 is 15.5 Å². The first-order chi connectivity index (χ1) is 17.8. The Bertz CT molecular complexity index is 1510. The number of benzene rings is 2. The Balaban J connectivity index is 1.21. The molecule has 0 atom stereocenters. The number of H-pyrrole nitrogens is 1. The van der Waals surface area contributed by atoms with E-state index in [0.717, 1.165) is 67.2 Å². The fourth-order valence-corrected chi connectivity index (χ4v) is 5.81. The zero-order valence-electron chi connectivity index (χ0n) is 20.0. The third-order valence-electron chi connectivity index (χ3n) is 7.64. The zero-order valence-corrected chi connectivity index (χ0v) is 20.0. The molecule has 7 rings (SSSR count). The SMILES string of the molecule is c1cc(CNc2ccc3c(c2)C2(CCNCC2)CN3c2ncnc3[nH]ccc23)cc(-n2cccn2)c1. The van der Waals surface area contributed by atoms with Gasteiger partial charge in [0.15, 0.2) is 0 Å². The summed E-state index contributed by atoms with van der Waals surface area (Å²) < 4.78 is 1.89. The van der Waals surface area contributed by atoms with Crippen molar-refractivity contribution in [3.05, 3.63) is 90.6 Å². The van der Waals surface area contributed by atoms with E-state index in [4.69, 9.17) is 4.98 Å². The van der Waals surface area contributed by atoms with E-state index >= 15 is 0 Å². The molecule has 2 aromatic carbocycles. The molecule has 1 fully saturated rings. The third kappa shape index (κ3) is 3.53. The molecule has 36 heavy (non-hydrogen) atoms. The predicted octanol–water partition coefficient (Wildman–Crippen LogP) is 4.53. The minimum absolute atomic E-state index is 0.117. The second-order valence-corrected chi connectivity index (χ2v) is 9.76. The van der Waals surface area contributed by atoms with Gasteiger partial charge >= 0.3 is 0 Å². The van der Waals surface area contributed by atoms with Crippen LogP contribution >= 0.6 is 0 Å². The van der Waals surface area contributed by atoms with Crippen molar-refractivity contribution < 1.29 is 0 Å². The molecule has 0 aliphatic carbocycles. The summed E-state index contributed by atoms with van der Waals surface area (Å²) in [5.74, 6) is 0.981. The molecular weight excluding hydrogens is 448 g/mol. The maximum absolute atomic E-state index is 4.72. The molecular formula is C28H28N8. The lowest BCUT2D eigenvalue weighted by molar-refractivity contribution is 0.329. The maximum atomic E-state index is 4.72. The molecule has 5 heterocycles. The molecule has 8 nitrogen and oxygen atoms in total. The predicted molar refractivity (Wildman–Crippen MR) is 142 cm³/mol. The number of hydrogen-bond acceptors (Lipinski definition) is 6. The van der Waals surface area contributed by atoms with E-state index in [2.05, 4.69) is 79.1 Å². The van der Waals surface area contributed by atoms with Crippen molar-refractivity contribution in [1.82, 2.24) is 30.0 Å². The molecule has 0 unspecified atom stereocenters. The van der Waals surface area contributed by atoms with Crippen molar-refractivity contribution in [2.45, 2.75) is 24.8 Å². The second-order valence-electron chi connectivity index (χ2n) is 9.76. The Hall–Kier alpha value is -4.17. The number of fused-ring (bicyclic) bond motifs is 3. The van der Waals surface area contributed by atoms with E-state index in [1.54, 1.807) is 12.5 Å². The largest absolute Gasteiger partial charge is 0.381 e. The maximum Gasteiger partial charge on any atom is 0.145 e. The summed E-state index contributed by atoms with van der Waals surface area (Å²) in [6.45, 7) is 3.77. The van der Waals surface area contributed by atoms with E-state index in [9.17, 15) is 0 Å². The molecule has 1 spiro atoms. The van der Waals surface area contributed by atoms with E-state index in [0.29, 0.717) is 0 Å². The molecule has 1 saturated heterocycles. The van der Waals surface area contributed by atoms with E-state index in [1.165, 1.54) is 16.8 Å². The van der Waals surface area contributed by atoms with E-state index < -0.39 is 0 Å². The van der Waals surface area contributed by atoms with E-state index in [-0.39, 0.29) is 5.41 Å². The average molecular weight is 477 g/mol. The summed E-state index contributed by atoms with van der Waals surface area (Å²) >= 11 is 0. The minimum atomic E-state index is 0.117. The first kappa shape index (κ1) is 21.1. The smallest absolute Gasteiger partial charge is 0.145 e. The Morgan fingerprint density at radius 2 is 1.94 bits per heavy atom. The molecule has 3 N–H and O–H groups in total. The Kier molecular flexibility index (Phi) is 4.99. The van der Waals surface area contributed by atoms with Gasteiger partial charge in [-0.1, -0.05) is 12.1 Å². The number of hydrogen-bond donors (Lipinski definition) is 3. The summed E-state index contributed by atoms with van der Waals surface area (Å²) in [6.07, 6.45) is 9.61. The van der Waals surface area contributed by atoms with Gasteiger partial charge in [0, 0.05) is 48.5 Å². The lowest BCUT2D eigenvalue weighted by atomic mass is 9.74.